The molecule has 0 spiro atoms. The largest absolute Gasteiger partial charge is 0.484 e. The van der Waals surface area contributed by atoms with Crippen LogP contribution in [0.3, 0.4) is 0 Å². The molecule has 0 fully saturated rings. The molecule has 116 valence electrons. The van der Waals surface area contributed by atoms with Crippen molar-refractivity contribution in [3.8, 4) is 5.75 Å². The smallest absolute Gasteiger partial charge is 0.262 e. The zero-order chi connectivity index (χ0) is 16.2. The molecule has 0 aliphatic rings. The van der Waals surface area contributed by atoms with Crippen LogP contribution in [0.4, 0.5) is 10.1 Å². The van der Waals surface area contributed by atoms with Crippen LogP contribution in [0.2, 0.25) is 0 Å². The number of rotatable bonds is 4. The minimum atomic E-state index is -0.462. The van der Waals surface area contributed by atoms with Crippen molar-refractivity contribution in [2.75, 3.05) is 11.9 Å². The minimum absolute atomic E-state index is 0.150. The predicted octanol–water partition coefficient (Wildman–Crippen LogP) is 4.60. The van der Waals surface area contributed by atoms with Crippen LogP contribution in [-0.2, 0) is 4.79 Å². The summed E-state index contributed by atoms with van der Waals surface area (Å²) in [6.07, 6.45) is 0. The zero-order valence-electron chi connectivity index (χ0n) is 12.1. The molecule has 1 amide bonds. The third kappa shape index (κ3) is 3.98. The molecule has 1 N–H and O–H groups in total. The third-order valence-corrected chi connectivity index (χ3v) is 3.97. The molecular formula is C18H13FINO2. The molecular weight excluding hydrogens is 408 g/mol. The van der Waals surface area contributed by atoms with Gasteiger partial charge >= 0.3 is 0 Å². The molecule has 0 saturated heterocycles. The van der Waals surface area contributed by atoms with E-state index < -0.39 is 11.7 Å². The van der Waals surface area contributed by atoms with E-state index in [0.717, 1.165) is 14.3 Å². The Bertz CT molecular complexity index is 867. The van der Waals surface area contributed by atoms with Gasteiger partial charge in [-0.2, -0.15) is 0 Å². The van der Waals surface area contributed by atoms with Crippen LogP contribution in [0.5, 0.6) is 5.75 Å². The molecule has 3 rings (SSSR count). The molecule has 23 heavy (non-hydrogen) atoms. The molecule has 0 aromatic heterocycles. The van der Waals surface area contributed by atoms with Gasteiger partial charge < -0.3 is 10.1 Å². The summed E-state index contributed by atoms with van der Waals surface area (Å²) < 4.78 is 19.9. The van der Waals surface area contributed by atoms with Gasteiger partial charge in [0.1, 0.15) is 11.6 Å². The number of ether oxygens (including phenoxy) is 1. The van der Waals surface area contributed by atoms with E-state index in [-0.39, 0.29) is 12.3 Å². The number of fused-ring (bicyclic) bond motifs is 1. The topological polar surface area (TPSA) is 38.3 Å². The molecule has 0 saturated carbocycles. The van der Waals surface area contributed by atoms with Gasteiger partial charge in [0, 0.05) is 3.57 Å². The number of halogens is 2. The highest BCUT2D eigenvalue weighted by Crippen LogP contribution is 2.21. The second-order valence-corrected chi connectivity index (χ2v) is 6.22. The number of anilines is 1. The van der Waals surface area contributed by atoms with Gasteiger partial charge in [-0.05, 0) is 63.7 Å². The van der Waals surface area contributed by atoms with Crippen LogP contribution >= 0.6 is 22.6 Å². The van der Waals surface area contributed by atoms with Crippen molar-refractivity contribution in [3.63, 3.8) is 0 Å². The second-order valence-electron chi connectivity index (χ2n) is 4.97. The third-order valence-electron chi connectivity index (χ3n) is 3.30. The number of nitrogens with one attached hydrogen (secondary N) is 1. The van der Waals surface area contributed by atoms with Gasteiger partial charge in [0.05, 0.1) is 5.69 Å². The lowest BCUT2D eigenvalue weighted by Gasteiger charge is -2.09. The Morgan fingerprint density at radius 2 is 1.83 bits per heavy atom. The minimum Gasteiger partial charge on any atom is -0.484 e. The Labute approximate surface area is 146 Å². The first-order chi connectivity index (χ1) is 11.1. The highest BCUT2D eigenvalue weighted by Gasteiger charge is 2.08. The maximum absolute atomic E-state index is 13.7. The normalized spacial score (nSPS) is 10.5. The van der Waals surface area contributed by atoms with E-state index in [1.165, 1.54) is 12.1 Å². The van der Waals surface area contributed by atoms with Crippen molar-refractivity contribution in [2.45, 2.75) is 0 Å². The van der Waals surface area contributed by atoms with Gasteiger partial charge in [-0.15, -0.1) is 0 Å². The summed E-state index contributed by atoms with van der Waals surface area (Å²) in [6, 6.07) is 18.1. The van der Waals surface area contributed by atoms with Crippen LogP contribution in [0.15, 0.2) is 60.7 Å². The second kappa shape index (κ2) is 6.95. The summed E-state index contributed by atoms with van der Waals surface area (Å²) in [5, 5.41) is 4.64. The predicted molar refractivity (Wildman–Crippen MR) is 97.2 cm³/mol. The Kier molecular flexibility index (Phi) is 4.76. The number of benzene rings is 3. The number of carbonyl (C=O) groups is 1. The molecule has 0 aliphatic heterocycles. The number of hydrogen-bond donors (Lipinski definition) is 1. The quantitative estimate of drug-likeness (QED) is 0.626. The monoisotopic (exact) mass is 421 g/mol. The summed E-state index contributed by atoms with van der Waals surface area (Å²) in [7, 11) is 0. The molecule has 3 nitrogen and oxygen atoms in total. The Balaban J connectivity index is 1.63. The van der Waals surface area contributed by atoms with Gasteiger partial charge in [0.25, 0.3) is 5.91 Å². The van der Waals surface area contributed by atoms with E-state index in [4.69, 9.17) is 4.74 Å². The fourth-order valence-corrected chi connectivity index (χ4v) is 2.64. The fraction of sp³-hybridized carbons (Fsp3) is 0.0556. The maximum Gasteiger partial charge on any atom is 0.262 e. The van der Waals surface area contributed by atoms with Crippen LogP contribution in [0.1, 0.15) is 0 Å². The first kappa shape index (κ1) is 15.7. The van der Waals surface area contributed by atoms with E-state index in [2.05, 4.69) is 5.32 Å². The first-order valence-electron chi connectivity index (χ1n) is 6.98. The summed E-state index contributed by atoms with van der Waals surface area (Å²) in [5.74, 6) is -0.267. The standard InChI is InChI=1S/C18H13FINO2/c19-16-10-14(20)6-8-17(16)21-18(22)11-23-15-7-5-12-3-1-2-4-13(12)9-15/h1-10H,11H2,(H,21,22). The lowest BCUT2D eigenvalue weighted by Crippen LogP contribution is -2.20. The van der Waals surface area contributed by atoms with E-state index in [9.17, 15) is 9.18 Å². The maximum atomic E-state index is 13.7. The molecule has 3 aromatic carbocycles. The molecule has 0 aliphatic carbocycles. The van der Waals surface area contributed by atoms with Gasteiger partial charge in [-0.3, -0.25) is 4.79 Å². The molecule has 5 heteroatoms. The van der Waals surface area contributed by atoms with Gasteiger partial charge in [-0.25, -0.2) is 4.39 Å². The SMILES string of the molecule is O=C(COc1ccc2ccccc2c1)Nc1ccc(I)cc1F. The Morgan fingerprint density at radius 1 is 1.04 bits per heavy atom. The molecule has 0 atom stereocenters. The van der Waals surface area contributed by atoms with E-state index in [1.54, 1.807) is 12.1 Å². The fourth-order valence-electron chi connectivity index (χ4n) is 2.18. The zero-order valence-corrected chi connectivity index (χ0v) is 14.2. The van der Waals surface area contributed by atoms with Crippen molar-refractivity contribution in [2.24, 2.45) is 0 Å². The molecule has 0 heterocycles. The van der Waals surface area contributed by atoms with Gasteiger partial charge in [0.15, 0.2) is 6.61 Å². The Hall–Kier alpha value is -2.15. The van der Waals surface area contributed by atoms with Crippen molar-refractivity contribution >= 4 is 45.0 Å². The lowest BCUT2D eigenvalue weighted by atomic mass is 10.1. The summed E-state index contributed by atoms with van der Waals surface area (Å²) in [5.41, 5.74) is 0.150. The van der Waals surface area contributed by atoms with Crippen molar-refractivity contribution in [1.29, 1.82) is 0 Å². The van der Waals surface area contributed by atoms with Crippen LogP contribution in [0.25, 0.3) is 10.8 Å². The molecule has 3 aromatic rings. The number of amides is 1. The lowest BCUT2D eigenvalue weighted by molar-refractivity contribution is -0.118. The molecule has 0 bridgehead atoms. The number of carbonyl (C=O) groups excluding carboxylic acids is 1. The highest BCUT2D eigenvalue weighted by molar-refractivity contribution is 14.1. The van der Waals surface area contributed by atoms with Crippen LogP contribution in [0, 0.1) is 9.39 Å². The molecule has 0 radical (unpaired) electrons. The van der Waals surface area contributed by atoms with Gasteiger partial charge in [-0.1, -0.05) is 30.3 Å². The van der Waals surface area contributed by atoms with Gasteiger partial charge in [0.2, 0.25) is 0 Å². The van der Waals surface area contributed by atoms with E-state index >= 15 is 0 Å². The number of hydrogen-bond acceptors (Lipinski definition) is 2. The van der Waals surface area contributed by atoms with E-state index in [0.29, 0.717) is 5.75 Å². The van der Waals surface area contributed by atoms with E-state index in [1.807, 2.05) is 59.0 Å². The average Bonchev–Trinajstić information content (AvgIpc) is 2.55. The van der Waals surface area contributed by atoms with Crippen LogP contribution in [-0.4, -0.2) is 12.5 Å². The summed E-state index contributed by atoms with van der Waals surface area (Å²) in [4.78, 5) is 11.9. The van der Waals surface area contributed by atoms with Crippen LogP contribution < -0.4 is 10.1 Å². The Morgan fingerprint density at radius 3 is 2.61 bits per heavy atom. The van der Waals surface area contributed by atoms with Crippen molar-refractivity contribution in [1.82, 2.24) is 0 Å². The highest BCUT2D eigenvalue weighted by atomic mass is 127. The first-order valence-corrected chi connectivity index (χ1v) is 8.06. The summed E-state index contributed by atoms with van der Waals surface area (Å²) in [6.45, 7) is -0.177. The van der Waals surface area contributed by atoms with Crippen molar-refractivity contribution < 1.29 is 13.9 Å². The average molecular weight is 421 g/mol. The van der Waals surface area contributed by atoms with Crippen molar-refractivity contribution in [3.05, 3.63) is 70.1 Å². The summed E-state index contributed by atoms with van der Waals surface area (Å²) >= 11 is 2.01. The molecule has 0 unspecified atom stereocenters.